The minimum Gasteiger partial charge on any atom is -0.476 e. The summed E-state index contributed by atoms with van der Waals surface area (Å²) in [5.74, 6) is 0.420. The standard InChI is InChI=1S/C10H8F3NO/c11-10(12,13)8-3-1-7(2-4-8)9-14-5-6-15-9/h1-4H,5-6H2. The highest BCUT2D eigenvalue weighted by atomic mass is 19.4. The summed E-state index contributed by atoms with van der Waals surface area (Å²) >= 11 is 0. The number of hydrogen-bond acceptors (Lipinski definition) is 2. The van der Waals surface area contributed by atoms with E-state index >= 15 is 0 Å². The van der Waals surface area contributed by atoms with Crippen LogP contribution in [0.25, 0.3) is 0 Å². The summed E-state index contributed by atoms with van der Waals surface area (Å²) in [5.41, 5.74) is -0.0784. The van der Waals surface area contributed by atoms with Gasteiger partial charge in [0.2, 0.25) is 5.90 Å². The van der Waals surface area contributed by atoms with E-state index in [1.54, 1.807) is 0 Å². The molecule has 0 aliphatic carbocycles. The van der Waals surface area contributed by atoms with Crippen molar-refractivity contribution >= 4 is 5.90 Å². The molecule has 15 heavy (non-hydrogen) atoms. The first-order valence-electron chi connectivity index (χ1n) is 4.42. The zero-order valence-electron chi connectivity index (χ0n) is 7.71. The highest BCUT2D eigenvalue weighted by Gasteiger charge is 2.30. The number of nitrogens with zero attached hydrogens (tertiary/aromatic N) is 1. The fourth-order valence-electron chi connectivity index (χ4n) is 1.31. The SMILES string of the molecule is FC(F)(F)c1ccc(C2=NCCO2)cc1. The van der Waals surface area contributed by atoms with Crippen molar-refractivity contribution in [3.05, 3.63) is 35.4 Å². The summed E-state index contributed by atoms with van der Waals surface area (Å²) in [5, 5.41) is 0. The van der Waals surface area contributed by atoms with Crippen molar-refractivity contribution in [2.75, 3.05) is 13.2 Å². The van der Waals surface area contributed by atoms with Gasteiger partial charge >= 0.3 is 6.18 Å². The van der Waals surface area contributed by atoms with Gasteiger partial charge in [-0.2, -0.15) is 13.2 Å². The average Bonchev–Trinajstić information content (AvgIpc) is 2.69. The molecule has 0 N–H and O–H groups in total. The Hall–Kier alpha value is -1.52. The molecule has 0 aromatic heterocycles. The van der Waals surface area contributed by atoms with E-state index in [2.05, 4.69) is 4.99 Å². The molecule has 1 aromatic rings. The molecule has 2 rings (SSSR count). The van der Waals surface area contributed by atoms with Crippen LogP contribution in [0.5, 0.6) is 0 Å². The topological polar surface area (TPSA) is 21.6 Å². The molecular weight excluding hydrogens is 207 g/mol. The molecule has 1 aliphatic heterocycles. The van der Waals surface area contributed by atoms with Gasteiger partial charge in [-0.05, 0) is 24.3 Å². The van der Waals surface area contributed by atoms with Gasteiger partial charge in [0.1, 0.15) is 6.61 Å². The van der Waals surface area contributed by atoms with E-state index in [0.29, 0.717) is 24.6 Å². The third kappa shape index (κ3) is 2.11. The largest absolute Gasteiger partial charge is 0.476 e. The normalized spacial score (nSPS) is 16.1. The third-order valence-corrected chi connectivity index (χ3v) is 2.04. The van der Waals surface area contributed by atoms with E-state index in [9.17, 15) is 13.2 Å². The Morgan fingerprint density at radius 3 is 2.27 bits per heavy atom. The Kier molecular flexibility index (Phi) is 2.38. The molecule has 1 aromatic carbocycles. The van der Waals surface area contributed by atoms with Crippen LogP contribution in [0.4, 0.5) is 13.2 Å². The lowest BCUT2D eigenvalue weighted by Gasteiger charge is -2.07. The second-order valence-corrected chi connectivity index (χ2v) is 3.11. The van der Waals surface area contributed by atoms with Gasteiger partial charge in [-0.15, -0.1) is 0 Å². The van der Waals surface area contributed by atoms with Crippen LogP contribution < -0.4 is 0 Å². The fourth-order valence-corrected chi connectivity index (χ4v) is 1.31. The monoisotopic (exact) mass is 215 g/mol. The van der Waals surface area contributed by atoms with Crippen LogP contribution in [0.15, 0.2) is 29.3 Å². The van der Waals surface area contributed by atoms with Gasteiger partial charge in [-0.1, -0.05) is 0 Å². The van der Waals surface area contributed by atoms with Crippen molar-refractivity contribution in [3.8, 4) is 0 Å². The van der Waals surface area contributed by atoms with Gasteiger partial charge in [0.25, 0.3) is 0 Å². The molecule has 0 bridgehead atoms. The molecule has 0 amide bonds. The summed E-state index contributed by atoms with van der Waals surface area (Å²) in [6, 6.07) is 4.79. The van der Waals surface area contributed by atoms with E-state index in [4.69, 9.17) is 4.74 Å². The fraction of sp³-hybridized carbons (Fsp3) is 0.300. The summed E-state index contributed by atoms with van der Waals surface area (Å²) in [7, 11) is 0. The predicted octanol–water partition coefficient (Wildman–Crippen LogP) is 2.48. The Morgan fingerprint density at radius 2 is 1.80 bits per heavy atom. The second kappa shape index (κ2) is 3.56. The molecular formula is C10H8F3NO. The van der Waals surface area contributed by atoms with Crippen molar-refractivity contribution in [2.24, 2.45) is 4.99 Å². The quantitative estimate of drug-likeness (QED) is 0.705. The third-order valence-electron chi connectivity index (χ3n) is 2.04. The molecule has 1 aliphatic rings. The van der Waals surface area contributed by atoms with E-state index in [-0.39, 0.29) is 0 Å². The van der Waals surface area contributed by atoms with Gasteiger partial charge < -0.3 is 4.74 Å². The lowest BCUT2D eigenvalue weighted by molar-refractivity contribution is -0.137. The number of aliphatic imine (C=N–C) groups is 1. The average molecular weight is 215 g/mol. The van der Waals surface area contributed by atoms with Crippen molar-refractivity contribution in [3.63, 3.8) is 0 Å². The second-order valence-electron chi connectivity index (χ2n) is 3.11. The molecule has 80 valence electrons. The summed E-state index contributed by atoms with van der Waals surface area (Å²) in [6.07, 6.45) is -4.29. The van der Waals surface area contributed by atoms with Crippen LogP contribution in [-0.4, -0.2) is 19.0 Å². The van der Waals surface area contributed by atoms with Crippen LogP contribution in [-0.2, 0) is 10.9 Å². The molecule has 5 heteroatoms. The van der Waals surface area contributed by atoms with Crippen LogP contribution in [0.3, 0.4) is 0 Å². The smallest absolute Gasteiger partial charge is 0.416 e. The lowest BCUT2D eigenvalue weighted by atomic mass is 10.1. The number of ether oxygens (including phenoxy) is 1. The van der Waals surface area contributed by atoms with Crippen LogP contribution in [0.1, 0.15) is 11.1 Å². The number of hydrogen-bond donors (Lipinski definition) is 0. The summed E-state index contributed by atoms with van der Waals surface area (Å²) < 4.78 is 41.8. The number of rotatable bonds is 1. The van der Waals surface area contributed by atoms with Gasteiger partial charge in [0.05, 0.1) is 12.1 Å². The molecule has 2 nitrogen and oxygen atoms in total. The molecule has 0 spiro atoms. The maximum absolute atomic E-state index is 12.2. The Bertz CT molecular complexity index is 381. The number of benzene rings is 1. The Labute approximate surface area is 84.4 Å². The van der Waals surface area contributed by atoms with E-state index in [1.807, 2.05) is 0 Å². The minimum atomic E-state index is -4.29. The predicted molar refractivity (Wildman–Crippen MR) is 48.8 cm³/mol. The minimum absolute atomic E-state index is 0.420. The maximum Gasteiger partial charge on any atom is 0.416 e. The summed E-state index contributed by atoms with van der Waals surface area (Å²) in [4.78, 5) is 4.01. The first kappa shape index (κ1) is 10.0. The highest BCUT2D eigenvalue weighted by molar-refractivity contribution is 5.94. The first-order valence-corrected chi connectivity index (χ1v) is 4.42. The van der Waals surface area contributed by atoms with Crippen molar-refractivity contribution in [2.45, 2.75) is 6.18 Å². The van der Waals surface area contributed by atoms with E-state index in [1.165, 1.54) is 12.1 Å². The molecule has 0 saturated heterocycles. The van der Waals surface area contributed by atoms with Crippen molar-refractivity contribution < 1.29 is 17.9 Å². The van der Waals surface area contributed by atoms with Gasteiger partial charge in [0.15, 0.2) is 0 Å². The van der Waals surface area contributed by atoms with Crippen molar-refractivity contribution in [1.82, 2.24) is 0 Å². The maximum atomic E-state index is 12.2. The van der Waals surface area contributed by atoms with Crippen LogP contribution >= 0.6 is 0 Å². The highest BCUT2D eigenvalue weighted by Crippen LogP contribution is 2.29. The number of alkyl halides is 3. The zero-order chi connectivity index (χ0) is 10.9. The molecule has 0 atom stereocenters. The Balaban J connectivity index is 2.24. The molecule has 1 heterocycles. The van der Waals surface area contributed by atoms with Gasteiger partial charge in [0, 0.05) is 5.56 Å². The van der Waals surface area contributed by atoms with Gasteiger partial charge in [-0.25, -0.2) is 4.99 Å². The molecule has 0 unspecified atom stereocenters. The lowest BCUT2D eigenvalue weighted by Crippen LogP contribution is -2.06. The van der Waals surface area contributed by atoms with E-state index in [0.717, 1.165) is 12.1 Å². The van der Waals surface area contributed by atoms with Gasteiger partial charge in [-0.3, -0.25) is 0 Å². The van der Waals surface area contributed by atoms with Crippen molar-refractivity contribution in [1.29, 1.82) is 0 Å². The Morgan fingerprint density at radius 1 is 1.13 bits per heavy atom. The molecule has 0 fully saturated rings. The van der Waals surface area contributed by atoms with Crippen LogP contribution in [0.2, 0.25) is 0 Å². The molecule has 0 radical (unpaired) electrons. The zero-order valence-corrected chi connectivity index (χ0v) is 7.71. The first-order chi connectivity index (χ1) is 7.07. The summed E-state index contributed by atoms with van der Waals surface area (Å²) in [6.45, 7) is 1.06. The molecule has 0 saturated carbocycles. The number of halogens is 3. The van der Waals surface area contributed by atoms with E-state index < -0.39 is 11.7 Å². The van der Waals surface area contributed by atoms with Crippen LogP contribution in [0, 0.1) is 0 Å².